The molecule has 1 atom stereocenters. The Bertz CT molecular complexity index is 412. The zero-order chi connectivity index (χ0) is 13.2. The van der Waals surface area contributed by atoms with Crippen molar-refractivity contribution in [2.45, 2.75) is 39.2 Å². The number of aromatic nitrogens is 2. The predicted octanol–water partition coefficient (Wildman–Crippen LogP) is 1.68. The van der Waals surface area contributed by atoms with E-state index in [1.54, 1.807) is 25.1 Å². The molecule has 1 unspecified atom stereocenters. The van der Waals surface area contributed by atoms with Crippen LogP contribution >= 0.6 is 0 Å². The Hall–Kier alpha value is -1.65. The van der Waals surface area contributed by atoms with E-state index >= 15 is 0 Å². The van der Waals surface area contributed by atoms with E-state index in [0.29, 0.717) is 5.95 Å². The number of anilines is 1. The molecule has 0 saturated carbocycles. The third-order valence-electron chi connectivity index (χ3n) is 2.67. The summed E-state index contributed by atoms with van der Waals surface area (Å²) in [4.78, 5) is 21.0. The van der Waals surface area contributed by atoms with E-state index in [2.05, 4.69) is 30.7 Å². The maximum absolute atomic E-state index is 10.9. The lowest BCUT2D eigenvalue weighted by Crippen LogP contribution is -2.37. The summed E-state index contributed by atoms with van der Waals surface area (Å²) in [6.45, 7) is 7.77. The van der Waals surface area contributed by atoms with Crippen LogP contribution in [0.2, 0.25) is 0 Å². The predicted molar refractivity (Wildman–Crippen MR) is 66.2 cm³/mol. The van der Waals surface area contributed by atoms with E-state index < -0.39 is 12.0 Å². The van der Waals surface area contributed by atoms with Crippen molar-refractivity contribution >= 4 is 11.9 Å². The lowest BCUT2D eigenvalue weighted by atomic mass is 9.92. The fraction of sp³-hybridized carbons (Fsp3) is 0.583. The van der Waals surface area contributed by atoms with Crippen molar-refractivity contribution in [1.29, 1.82) is 0 Å². The van der Waals surface area contributed by atoms with Gasteiger partial charge in [-0.15, -0.1) is 0 Å². The molecule has 0 bridgehead atoms. The first-order chi connectivity index (χ1) is 7.73. The largest absolute Gasteiger partial charge is 0.480 e. The highest BCUT2D eigenvalue weighted by molar-refractivity contribution is 5.76. The van der Waals surface area contributed by atoms with Gasteiger partial charge in [-0.05, 0) is 13.0 Å². The summed E-state index contributed by atoms with van der Waals surface area (Å²) >= 11 is 0. The molecule has 0 aromatic carbocycles. The highest BCUT2D eigenvalue weighted by atomic mass is 16.4. The Balaban J connectivity index is 3.04. The molecule has 0 amide bonds. The number of carbonyl (C=O) groups is 1. The molecule has 1 aromatic rings. The Morgan fingerprint density at radius 3 is 2.53 bits per heavy atom. The van der Waals surface area contributed by atoms with Crippen molar-refractivity contribution in [2.75, 3.05) is 11.9 Å². The van der Waals surface area contributed by atoms with E-state index in [4.69, 9.17) is 5.11 Å². The van der Waals surface area contributed by atoms with E-state index in [1.807, 2.05) is 6.07 Å². The topological polar surface area (TPSA) is 66.3 Å². The van der Waals surface area contributed by atoms with Gasteiger partial charge in [0, 0.05) is 18.7 Å². The number of hydrogen-bond acceptors (Lipinski definition) is 4. The van der Waals surface area contributed by atoms with E-state index in [1.165, 1.54) is 0 Å². The molecule has 0 aliphatic rings. The summed E-state index contributed by atoms with van der Waals surface area (Å²) in [5, 5.41) is 8.95. The summed E-state index contributed by atoms with van der Waals surface area (Å²) in [6.07, 6.45) is 1.66. The number of carboxylic acid groups (broad SMARTS) is 1. The van der Waals surface area contributed by atoms with Gasteiger partial charge >= 0.3 is 5.97 Å². The maximum atomic E-state index is 10.9. The molecule has 0 radical (unpaired) electrons. The SMILES string of the molecule is CC(C(=O)O)N(C)c1nccc(C(C)(C)C)n1. The zero-order valence-electron chi connectivity index (χ0n) is 10.9. The van der Waals surface area contributed by atoms with Gasteiger partial charge in [0.2, 0.25) is 5.95 Å². The van der Waals surface area contributed by atoms with Gasteiger partial charge in [-0.25, -0.2) is 14.8 Å². The second-order valence-corrected chi connectivity index (χ2v) is 5.12. The standard InChI is InChI=1S/C12H19N3O2/c1-8(10(16)17)15(5)11-13-7-6-9(14-11)12(2,3)4/h6-8H,1-5H3,(H,16,17). The molecule has 1 aromatic heterocycles. The average Bonchev–Trinajstić information content (AvgIpc) is 2.26. The Labute approximate surface area is 102 Å². The molecule has 1 heterocycles. The van der Waals surface area contributed by atoms with Gasteiger partial charge in [0.1, 0.15) is 6.04 Å². The summed E-state index contributed by atoms with van der Waals surface area (Å²) < 4.78 is 0. The number of hydrogen-bond donors (Lipinski definition) is 1. The minimum atomic E-state index is -0.891. The number of carboxylic acids is 1. The third kappa shape index (κ3) is 3.15. The summed E-state index contributed by atoms with van der Waals surface area (Å²) in [5.41, 5.74) is 0.817. The molecule has 0 aliphatic heterocycles. The molecular weight excluding hydrogens is 218 g/mol. The van der Waals surface area contributed by atoms with Gasteiger partial charge in [-0.2, -0.15) is 0 Å². The van der Waals surface area contributed by atoms with Crippen LogP contribution < -0.4 is 4.90 Å². The van der Waals surface area contributed by atoms with Crippen molar-refractivity contribution in [3.05, 3.63) is 18.0 Å². The van der Waals surface area contributed by atoms with Gasteiger partial charge in [-0.1, -0.05) is 20.8 Å². The first kappa shape index (κ1) is 13.4. The van der Waals surface area contributed by atoms with Crippen molar-refractivity contribution in [1.82, 2.24) is 9.97 Å². The van der Waals surface area contributed by atoms with Crippen molar-refractivity contribution < 1.29 is 9.90 Å². The highest BCUT2D eigenvalue weighted by Gasteiger charge is 2.21. The van der Waals surface area contributed by atoms with Crippen LogP contribution in [0.25, 0.3) is 0 Å². The molecule has 17 heavy (non-hydrogen) atoms. The number of rotatable bonds is 3. The quantitative estimate of drug-likeness (QED) is 0.866. The van der Waals surface area contributed by atoms with Crippen LogP contribution in [0.4, 0.5) is 5.95 Å². The normalized spacial score (nSPS) is 13.2. The summed E-state index contributed by atoms with van der Waals surface area (Å²) in [7, 11) is 1.68. The highest BCUT2D eigenvalue weighted by Crippen LogP contribution is 2.21. The minimum Gasteiger partial charge on any atom is -0.480 e. The molecule has 0 saturated heterocycles. The first-order valence-corrected chi connectivity index (χ1v) is 5.52. The molecule has 5 nitrogen and oxygen atoms in total. The van der Waals surface area contributed by atoms with Crippen molar-refractivity contribution in [3.8, 4) is 0 Å². The molecular formula is C12H19N3O2. The Morgan fingerprint density at radius 2 is 2.06 bits per heavy atom. The molecule has 0 fully saturated rings. The zero-order valence-corrected chi connectivity index (χ0v) is 10.9. The maximum Gasteiger partial charge on any atom is 0.326 e. The summed E-state index contributed by atoms with van der Waals surface area (Å²) in [6, 6.07) is 1.20. The van der Waals surface area contributed by atoms with Crippen LogP contribution in [0, 0.1) is 0 Å². The second-order valence-electron chi connectivity index (χ2n) is 5.12. The lowest BCUT2D eigenvalue weighted by Gasteiger charge is -2.24. The van der Waals surface area contributed by atoms with E-state index in [9.17, 15) is 4.79 Å². The lowest BCUT2D eigenvalue weighted by molar-refractivity contribution is -0.138. The monoisotopic (exact) mass is 237 g/mol. The van der Waals surface area contributed by atoms with Gasteiger partial charge < -0.3 is 10.0 Å². The number of aliphatic carboxylic acids is 1. The molecule has 0 aliphatic carbocycles. The van der Waals surface area contributed by atoms with Crippen LogP contribution in [0.1, 0.15) is 33.4 Å². The van der Waals surface area contributed by atoms with Gasteiger partial charge in [0.15, 0.2) is 0 Å². The third-order valence-corrected chi connectivity index (χ3v) is 2.67. The van der Waals surface area contributed by atoms with Gasteiger partial charge in [0.05, 0.1) is 5.69 Å². The van der Waals surface area contributed by atoms with Crippen LogP contribution in [0.5, 0.6) is 0 Å². The molecule has 5 heteroatoms. The minimum absolute atomic E-state index is 0.0784. The van der Waals surface area contributed by atoms with Gasteiger partial charge in [-0.3, -0.25) is 0 Å². The Morgan fingerprint density at radius 1 is 1.47 bits per heavy atom. The smallest absolute Gasteiger partial charge is 0.326 e. The average molecular weight is 237 g/mol. The molecule has 0 spiro atoms. The van der Waals surface area contributed by atoms with E-state index in [-0.39, 0.29) is 5.41 Å². The van der Waals surface area contributed by atoms with Crippen LogP contribution in [-0.4, -0.2) is 34.1 Å². The fourth-order valence-electron chi connectivity index (χ4n) is 1.27. The van der Waals surface area contributed by atoms with Crippen LogP contribution in [0.15, 0.2) is 12.3 Å². The van der Waals surface area contributed by atoms with Crippen molar-refractivity contribution in [3.63, 3.8) is 0 Å². The Kier molecular flexibility index (Phi) is 3.70. The molecule has 94 valence electrons. The second kappa shape index (κ2) is 4.69. The van der Waals surface area contributed by atoms with Crippen molar-refractivity contribution in [2.24, 2.45) is 0 Å². The van der Waals surface area contributed by atoms with E-state index in [0.717, 1.165) is 5.69 Å². The molecule has 1 rings (SSSR count). The fourth-order valence-corrected chi connectivity index (χ4v) is 1.27. The van der Waals surface area contributed by atoms with Crippen LogP contribution in [0.3, 0.4) is 0 Å². The first-order valence-electron chi connectivity index (χ1n) is 5.52. The molecule has 1 N–H and O–H groups in total. The van der Waals surface area contributed by atoms with Crippen LogP contribution in [-0.2, 0) is 10.2 Å². The number of likely N-dealkylation sites (N-methyl/N-ethyl adjacent to an activating group) is 1. The summed E-state index contributed by atoms with van der Waals surface area (Å²) in [5.74, 6) is -0.454. The van der Waals surface area contributed by atoms with Gasteiger partial charge in [0.25, 0.3) is 0 Å². The number of nitrogens with zero attached hydrogens (tertiary/aromatic N) is 3.